The van der Waals surface area contributed by atoms with Crippen LogP contribution in [0.5, 0.6) is 5.75 Å². The van der Waals surface area contributed by atoms with Crippen molar-refractivity contribution in [2.24, 2.45) is 0 Å². The number of benzene rings is 1. The minimum Gasteiger partial charge on any atom is -0.497 e. The van der Waals surface area contributed by atoms with E-state index in [0.29, 0.717) is 11.5 Å². The van der Waals surface area contributed by atoms with Crippen LogP contribution in [-0.2, 0) is 0 Å². The molecule has 1 fully saturated rings. The van der Waals surface area contributed by atoms with Crippen LogP contribution in [0.2, 0.25) is 0 Å². The minimum absolute atomic E-state index is 0.443. The Kier molecular flexibility index (Phi) is 1.99. The molecule has 2 aromatic rings. The van der Waals surface area contributed by atoms with E-state index < -0.39 is 0 Å². The van der Waals surface area contributed by atoms with E-state index >= 15 is 0 Å². The summed E-state index contributed by atoms with van der Waals surface area (Å²) in [6.07, 6.45) is 3.13. The van der Waals surface area contributed by atoms with Crippen molar-refractivity contribution >= 4 is 17.3 Å². The molecular formula is C13H12O3. The summed E-state index contributed by atoms with van der Waals surface area (Å²) in [6, 6.07) is 5.55. The molecule has 1 aromatic heterocycles. The maximum atomic E-state index is 11.1. The molecule has 16 heavy (non-hydrogen) atoms. The summed E-state index contributed by atoms with van der Waals surface area (Å²) < 4.78 is 10.9. The first-order chi connectivity index (χ1) is 7.83. The minimum atomic E-state index is 0.443. The van der Waals surface area contributed by atoms with Crippen molar-refractivity contribution in [1.82, 2.24) is 0 Å². The van der Waals surface area contributed by atoms with Gasteiger partial charge in [0.25, 0.3) is 0 Å². The molecule has 3 rings (SSSR count). The molecule has 1 aliphatic rings. The van der Waals surface area contributed by atoms with E-state index in [9.17, 15) is 4.79 Å². The molecule has 0 unspecified atom stereocenters. The standard InChI is InChI=1S/C13H12O3/c1-15-9-4-5-12-10(6-9)11(7-14)13(16-12)8-2-3-8/h4-8H,2-3H2,1H3. The molecule has 3 heteroatoms. The van der Waals surface area contributed by atoms with Gasteiger partial charge in [-0.2, -0.15) is 0 Å². The molecule has 0 saturated heterocycles. The first kappa shape index (κ1) is 9.46. The fraction of sp³-hybridized carbons (Fsp3) is 0.308. The molecule has 0 N–H and O–H groups in total. The monoisotopic (exact) mass is 216 g/mol. The molecule has 1 aliphatic carbocycles. The van der Waals surface area contributed by atoms with Crippen molar-refractivity contribution in [1.29, 1.82) is 0 Å². The summed E-state index contributed by atoms with van der Waals surface area (Å²) in [7, 11) is 1.61. The number of carbonyl (C=O) groups excluding carboxylic acids is 1. The molecule has 1 saturated carbocycles. The van der Waals surface area contributed by atoms with Crippen LogP contribution in [0.25, 0.3) is 11.0 Å². The first-order valence-electron chi connectivity index (χ1n) is 5.39. The van der Waals surface area contributed by atoms with E-state index in [2.05, 4.69) is 0 Å². The van der Waals surface area contributed by atoms with Gasteiger partial charge in [0, 0.05) is 11.3 Å². The number of aldehydes is 1. The Hall–Kier alpha value is -1.77. The summed E-state index contributed by atoms with van der Waals surface area (Å²) in [5.74, 6) is 2.04. The Balaban J connectivity index is 2.25. The highest BCUT2D eigenvalue weighted by atomic mass is 16.5. The number of furan rings is 1. The van der Waals surface area contributed by atoms with Gasteiger partial charge in [-0.1, -0.05) is 0 Å². The lowest BCUT2D eigenvalue weighted by Crippen LogP contribution is -1.85. The Bertz CT molecular complexity index is 550. The summed E-state index contributed by atoms with van der Waals surface area (Å²) in [6.45, 7) is 0. The second-order valence-corrected chi connectivity index (χ2v) is 4.13. The summed E-state index contributed by atoms with van der Waals surface area (Å²) in [5.41, 5.74) is 1.46. The predicted octanol–water partition coefficient (Wildman–Crippen LogP) is 3.13. The van der Waals surface area contributed by atoms with E-state index in [1.807, 2.05) is 18.2 Å². The Morgan fingerprint density at radius 3 is 2.88 bits per heavy atom. The molecule has 0 atom stereocenters. The van der Waals surface area contributed by atoms with Gasteiger partial charge in [0.1, 0.15) is 17.1 Å². The third-order valence-electron chi connectivity index (χ3n) is 3.03. The average molecular weight is 216 g/mol. The molecular weight excluding hydrogens is 204 g/mol. The molecule has 1 aromatic carbocycles. The first-order valence-corrected chi connectivity index (χ1v) is 5.39. The van der Waals surface area contributed by atoms with Crippen LogP contribution in [0.1, 0.15) is 34.9 Å². The van der Waals surface area contributed by atoms with Crippen LogP contribution in [-0.4, -0.2) is 13.4 Å². The smallest absolute Gasteiger partial charge is 0.154 e. The van der Waals surface area contributed by atoms with Crippen molar-refractivity contribution in [3.05, 3.63) is 29.5 Å². The maximum absolute atomic E-state index is 11.1. The van der Waals surface area contributed by atoms with Crippen LogP contribution < -0.4 is 4.74 Å². The second-order valence-electron chi connectivity index (χ2n) is 4.13. The SMILES string of the molecule is COc1ccc2oc(C3CC3)c(C=O)c2c1. The number of methoxy groups -OCH3 is 1. The van der Waals surface area contributed by atoms with Gasteiger partial charge in [-0.05, 0) is 31.0 Å². The van der Waals surface area contributed by atoms with Gasteiger partial charge in [0.2, 0.25) is 0 Å². The van der Waals surface area contributed by atoms with E-state index in [1.165, 1.54) is 0 Å². The van der Waals surface area contributed by atoms with Gasteiger partial charge in [0.15, 0.2) is 6.29 Å². The van der Waals surface area contributed by atoms with E-state index in [0.717, 1.165) is 41.6 Å². The lowest BCUT2D eigenvalue weighted by atomic mass is 10.1. The molecule has 3 nitrogen and oxygen atoms in total. The summed E-state index contributed by atoms with van der Waals surface area (Å²) >= 11 is 0. The molecule has 0 bridgehead atoms. The molecule has 0 radical (unpaired) electrons. The largest absolute Gasteiger partial charge is 0.497 e. The van der Waals surface area contributed by atoms with Gasteiger partial charge in [-0.15, -0.1) is 0 Å². The molecule has 1 heterocycles. The van der Waals surface area contributed by atoms with Crippen molar-refractivity contribution in [2.45, 2.75) is 18.8 Å². The van der Waals surface area contributed by atoms with Crippen LogP contribution in [0.3, 0.4) is 0 Å². The van der Waals surface area contributed by atoms with Crippen molar-refractivity contribution in [2.75, 3.05) is 7.11 Å². The highest BCUT2D eigenvalue weighted by Crippen LogP contribution is 2.44. The van der Waals surface area contributed by atoms with Gasteiger partial charge in [0.05, 0.1) is 12.7 Å². The van der Waals surface area contributed by atoms with E-state index in [-0.39, 0.29) is 0 Å². The number of fused-ring (bicyclic) bond motifs is 1. The summed E-state index contributed by atoms with van der Waals surface area (Å²) in [5, 5.41) is 0.858. The molecule has 0 spiro atoms. The van der Waals surface area contributed by atoms with Crippen LogP contribution in [0.4, 0.5) is 0 Å². The third kappa shape index (κ3) is 1.32. The maximum Gasteiger partial charge on any atom is 0.154 e. The van der Waals surface area contributed by atoms with Gasteiger partial charge in [-0.25, -0.2) is 0 Å². The number of hydrogen-bond donors (Lipinski definition) is 0. The molecule has 0 aliphatic heterocycles. The number of carbonyl (C=O) groups is 1. The highest BCUT2D eigenvalue weighted by molar-refractivity contribution is 5.98. The van der Waals surface area contributed by atoms with Crippen molar-refractivity contribution < 1.29 is 13.9 Å². The number of ether oxygens (including phenoxy) is 1. The fourth-order valence-electron chi connectivity index (χ4n) is 2.01. The Morgan fingerprint density at radius 2 is 2.25 bits per heavy atom. The number of rotatable bonds is 3. The predicted molar refractivity (Wildman–Crippen MR) is 60.1 cm³/mol. The van der Waals surface area contributed by atoms with Gasteiger partial charge in [-0.3, -0.25) is 4.79 Å². The Labute approximate surface area is 93.0 Å². The average Bonchev–Trinajstić information content (AvgIpc) is 3.09. The zero-order valence-corrected chi connectivity index (χ0v) is 9.03. The molecule has 82 valence electrons. The lowest BCUT2D eigenvalue weighted by molar-refractivity contribution is 0.112. The third-order valence-corrected chi connectivity index (χ3v) is 3.03. The van der Waals surface area contributed by atoms with E-state index in [1.54, 1.807) is 7.11 Å². The Morgan fingerprint density at radius 1 is 1.44 bits per heavy atom. The zero-order valence-electron chi connectivity index (χ0n) is 9.03. The van der Waals surface area contributed by atoms with Gasteiger partial charge < -0.3 is 9.15 Å². The lowest BCUT2D eigenvalue weighted by Gasteiger charge is -1.97. The van der Waals surface area contributed by atoms with Crippen LogP contribution >= 0.6 is 0 Å². The summed E-state index contributed by atoms with van der Waals surface area (Å²) in [4.78, 5) is 11.1. The van der Waals surface area contributed by atoms with Crippen molar-refractivity contribution in [3.8, 4) is 5.75 Å². The second kappa shape index (κ2) is 3.37. The van der Waals surface area contributed by atoms with E-state index in [4.69, 9.17) is 9.15 Å². The highest BCUT2D eigenvalue weighted by Gasteiger charge is 2.31. The van der Waals surface area contributed by atoms with Crippen LogP contribution in [0, 0.1) is 0 Å². The van der Waals surface area contributed by atoms with Crippen molar-refractivity contribution in [3.63, 3.8) is 0 Å². The topological polar surface area (TPSA) is 39.4 Å². The van der Waals surface area contributed by atoms with Gasteiger partial charge >= 0.3 is 0 Å². The fourth-order valence-corrected chi connectivity index (χ4v) is 2.01. The quantitative estimate of drug-likeness (QED) is 0.740. The number of hydrogen-bond acceptors (Lipinski definition) is 3. The normalized spacial score (nSPS) is 15.3. The molecule has 0 amide bonds. The van der Waals surface area contributed by atoms with Crippen LogP contribution in [0.15, 0.2) is 22.6 Å². The zero-order chi connectivity index (χ0) is 11.1.